The number of likely N-dealkylation sites (tertiary alicyclic amines) is 1. The summed E-state index contributed by atoms with van der Waals surface area (Å²) < 4.78 is 43.4. The number of fused-ring (bicyclic) bond motifs is 1. The zero-order valence-electron chi connectivity index (χ0n) is 20.1. The molecule has 6 rings (SSSR count). The molecule has 0 amide bonds. The van der Waals surface area contributed by atoms with E-state index in [1.807, 2.05) is 29.8 Å². The van der Waals surface area contributed by atoms with Crippen molar-refractivity contribution in [2.45, 2.75) is 50.7 Å². The Balaban J connectivity index is 1.45. The van der Waals surface area contributed by atoms with Gasteiger partial charge in [0.1, 0.15) is 23.5 Å². The Kier molecular flexibility index (Phi) is 5.78. The number of aryl methyl sites for hydroxylation is 1. The molecule has 7 nitrogen and oxygen atoms in total. The van der Waals surface area contributed by atoms with Crippen molar-refractivity contribution in [1.82, 2.24) is 34.8 Å². The van der Waals surface area contributed by atoms with Gasteiger partial charge in [-0.05, 0) is 62.4 Å². The molecular weight excluding hydrogens is 467 g/mol. The predicted molar refractivity (Wildman–Crippen MR) is 129 cm³/mol. The van der Waals surface area contributed by atoms with Crippen molar-refractivity contribution in [1.29, 1.82) is 0 Å². The number of nitrogens with one attached hydrogen (secondary N) is 1. The van der Waals surface area contributed by atoms with E-state index in [0.717, 1.165) is 61.8 Å². The van der Waals surface area contributed by atoms with E-state index in [2.05, 4.69) is 36.3 Å². The molecule has 0 radical (unpaired) electrons. The second-order valence-corrected chi connectivity index (χ2v) is 10.0. The maximum atomic E-state index is 13.8. The fraction of sp³-hybridized carbons (Fsp3) is 0.462. The number of hydrogen-bond acceptors (Lipinski definition) is 5. The normalized spacial score (nSPS) is 18.1. The molecule has 1 saturated carbocycles. The molecule has 1 aromatic carbocycles. The highest BCUT2D eigenvalue weighted by molar-refractivity contribution is 5.94. The van der Waals surface area contributed by atoms with E-state index in [9.17, 15) is 13.2 Å². The Bertz CT molecular complexity index is 1380. The van der Waals surface area contributed by atoms with Crippen LogP contribution in [0.15, 0.2) is 36.7 Å². The first-order valence-electron chi connectivity index (χ1n) is 12.5. The molecule has 1 atom stereocenters. The summed E-state index contributed by atoms with van der Waals surface area (Å²) in [6, 6.07) is 9.09. The Hall–Kier alpha value is -3.27. The van der Waals surface area contributed by atoms with E-state index < -0.39 is 11.9 Å². The lowest BCUT2D eigenvalue weighted by Crippen LogP contribution is -2.24. The molecule has 1 N–H and O–H groups in total. The third-order valence-corrected chi connectivity index (χ3v) is 7.66. The quantitative estimate of drug-likeness (QED) is 0.393. The Labute approximate surface area is 206 Å². The average molecular weight is 496 g/mol. The van der Waals surface area contributed by atoms with E-state index in [1.54, 1.807) is 6.33 Å². The second-order valence-electron chi connectivity index (χ2n) is 10.0. The van der Waals surface area contributed by atoms with Gasteiger partial charge < -0.3 is 4.57 Å². The Morgan fingerprint density at radius 1 is 1.11 bits per heavy atom. The number of alkyl halides is 3. The number of hydrogen-bond donors (Lipinski definition) is 1. The maximum Gasteiger partial charge on any atom is 0.433 e. The van der Waals surface area contributed by atoms with Crippen molar-refractivity contribution in [3.63, 3.8) is 0 Å². The van der Waals surface area contributed by atoms with Crippen molar-refractivity contribution >= 4 is 10.9 Å². The minimum absolute atomic E-state index is 0.0783. The molecule has 1 aliphatic carbocycles. The van der Waals surface area contributed by atoms with E-state index in [4.69, 9.17) is 0 Å². The van der Waals surface area contributed by atoms with Crippen molar-refractivity contribution in [2.75, 3.05) is 13.1 Å². The summed E-state index contributed by atoms with van der Waals surface area (Å²) in [6.07, 6.45) is 2.70. The molecule has 2 fully saturated rings. The lowest BCUT2D eigenvalue weighted by atomic mass is 9.72. The van der Waals surface area contributed by atoms with Crippen molar-refractivity contribution in [3.8, 4) is 11.3 Å². The summed E-state index contributed by atoms with van der Waals surface area (Å²) in [4.78, 5) is 6.16. The van der Waals surface area contributed by atoms with Crippen molar-refractivity contribution < 1.29 is 13.2 Å². The van der Waals surface area contributed by atoms with Crippen LogP contribution in [0.1, 0.15) is 60.8 Å². The molecule has 10 heteroatoms. The van der Waals surface area contributed by atoms with Crippen LogP contribution in [0.4, 0.5) is 13.2 Å². The van der Waals surface area contributed by atoms with Crippen LogP contribution in [0.5, 0.6) is 0 Å². The molecule has 4 aromatic rings. The van der Waals surface area contributed by atoms with Crippen LogP contribution in [-0.2, 0) is 19.8 Å². The second kappa shape index (κ2) is 8.99. The van der Waals surface area contributed by atoms with Crippen molar-refractivity contribution in [3.05, 3.63) is 59.4 Å². The summed E-state index contributed by atoms with van der Waals surface area (Å²) in [6.45, 7) is 2.11. The van der Waals surface area contributed by atoms with Gasteiger partial charge in [0.2, 0.25) is 0 Å². The summed E-state index contributed by atoms with van der Waals surface area (Å²) >= 11 is 0. The van der Waals surface area contributed by atoms with Crippen LogP contribution < -0.4 is 0 Å². The minimum Gasteiger partial charge on any atom is -0.320 e. The third-order valence-electron chi connectivity index (χ3n) is 7.66. The molecule has 36 heavy (non-hydrogen) atoms. The number of nitrogens with zero attached hydrogens (tertiary/aromatic N) is 6. The maximum absolute atomic E-state index is 13.8. The topological polar surface area (TPSA) is 75.5 Å². The first-order valence-corrected chi connectivity index (χ1v) is 12.5. The number of pyridine rings is 1. The molecule has 3 aromatic heterocycles. The van der Waals surface area contributed by atoms with Crippen molar-refractivity contribution in [2.24, 2.45) is 13.0 Å². The fourth-order valence-corrected chi connectivity index (χ4v) is 5.57. The smallest absolute Gasteiger partial charge is 0.320 e. The van der Waals surface area contributed by atoms with Gasteiger partial charge in [-0.15, -0.1) is 10.2 Å². The van der Waals surface area contributed by atoms with Gasteiger partial charge in [-0.1, -0.05) is 24.6 Å². The summed E-state index contributed by atoms with van der Waals surface area (Å²) in [5, 5.41) is 16.4. The highest BCUT2D eigenvalue weighted by Gasteiger charge is 2.35. The van der Waals surface area contributed by atoms with E-state index in [-0.39, 0.29) is 5.92 Å². The number of rotatable bonds is 6. The molecule has 0 bridgehead atoms. The van der Waals surface area contributed by atoms with Crippen LogP contribution in [0.3, 0.4) is 0 Å². The molecule has 0 spiro atoms. The van der Waals surface area contributed by atoms with Gasteiger partial charge in [-0.25, -0.2) is 4.98 Å². The summed E-state index contributed by atoms with van der Waals surface area (Å²) in [7, 11) is 1.94. The zero-order valence-corrected chi connectivity index (χ0v) is 20.1. The van der Waals surface area contributed by atoms with Crippen LogP contribution in [0, 0.1) is 5.92 Å². The number of benzene rings is 1. The van der Waals surface area contributed by atoms with E-state index >= 15 is 0 Å². The summed E-state index contributed by atoms with van der Waals surface area (Å²) in [5.41, 5.74) is 2.44. The number of aromatic nitrogens is 6. The van der Waals surface area contributed by atoms with Gasteiger partial charge in [0.05, 0.1) is 11.2 Å². The first kappa shape index (κ1) is 23.1. The fourth-order valence-electron chi connectivity index (χ4n) is 5.57. The van der Waals surface area contributed by atoms with Crippen LogP contribution >= 0.6 is 0 Å². The average Bonchev–Trinajstić information content (AvgIpc) is 3.57. The molecule has 4 heterocycles. The first-order chi connectivity index (χ1) is 17.4. The molecule has 1 unspecified atom stereocenters. The molecule has 1 saturated heterocycles. The zero-order chi connectivity index (χ0) is 24.9. The Morgan fingerprint density at radius 3 is 2.58 bits per heavy atom. The molecular formula is C26H28F3N7. The SMILES string of the molecule is Cn1cnnc1C(c1cccc(-c2n[nH]c3c(CN4CCCC4)nc(C(F)(F)F)cc23)c1)C1CCC1. The summed E-state index contributed by atoms with van der Waals surface area (Å²) in [5.74, 6) is 1.45. The minimum atomic E-state index is -4.54. The monoisotopic (exact) mass is 495 g/mol. The predicted octanol–water partition coefficient (Wildman–Crippen LogP) is 5.30. The van der Waals surface area contributed by atoms with Crippen LogP contribution in [0.25, 0.3) is 22.2 Å². The van der Waals surface area contributed by atoms with Gasteiger partial charge >= 0.3 is 6.18 Å². The number of halogens is 3. The largest absolute Gasteiger partial charge is 0.433 e. The lowest BCUT2D eigenvalue weighted by Gasteiger charge is -2.33. The van der Waals surface area contributed by atoms with E-state index in [1.165, 1.54) is 6.42 Å². The Morgan fingerprint density at radius 2 is 1.92 bits per heavy atom. The van der Waals surface area contributed by atoms with Gasteiger partial charge in [-0.2, -0.15) is 18.3 Å². The number of aromatic amines is 1. The number of H-pyrrole nitrogens is 1. The highest BCUT2D eigenvalue weighted by atomic mass is 19.4. The third kappa shape index (κ3) is 4.17. The molecule has 1 aliphatic heterocycles. The van der Waals surface area contributed by atoms with Gasteiger partial charge in [0.25, 0.3) is 0 Å². The van der Waals surface area contributed by atoms with Gasteiger partial charge in [0.15, 0.2) is 0 Å². The standard InChI is InChI=1S/C26H28F3N7/c1-35-15-30-34-25(35)22(16-6-4-7-16)17-8-5-9-18(12-17)23-19-13-21(26(27,28)29)31-20(24(19)33-32-23)14-36-10-2-3-11-36/h5,8-9,12-13,15-16,22H,2-4,6-7,10-11,14H2,1H3,(H,32,33). The molecule has 188 valence electrons. The van der Waals surface area contributed by atoms with E-state index in [0.29, 0.717) is 34.8 Å². The van der Waals surface area contributed by atoms with Crippen LogP contribution in [-0.4, -0.2) is 47.9 Å². The van der Waals surface area contributed by atoms with Gasteiger partial charge in [-0.3, -0.25) is 10.00 Å². The lowest BCUT2D eigenvalue weighted by molar-refractivity contribution is -0.141. The van der Waals surface area contributed by atoms with Crippen LogP contribution in [0.2, 0.25) is 0 Å². The molecule has 2 aliphatic rings. The highest BCUT2D eigenvalue weighted by Crippen LogP contribution is 2.43. The van der Waals surface area contributed by atoms with Gasteiger partial charge in [0, 0.05) is 30.5 Å².